The van der Waals surface area contributed by atoms with E-state index in [0.717, 1.165) is 12.8 Å². The third-order valence-electron chi connectivity index (χ3n) is 7.30. The number of anilines is 1. The highest BCUT2D eigenvalue weighted by Gasteiger charge is 2.59. The van der Waals surface area contributed by atoms with Crippen LogP contribution < -0.4 is 10.9 Å². The Morgan fingerprint density at radius 1 is 1.18 bits per heavy atom. The molecule has 10 nitrogen and oxygen atoms in total. The van der Waals surface area contributed by atoms with Crippen molar-refractivity contribution in [3.8, 4) is 0 Å². The fourth-order valence-corrected chi connectivity index (χ4v) is 6.22. The number of aromatic nitrogens is 4. The number of nitrogens with zero attached hydrogens (tertiary/aromatic N) is 5. The number of hydrogen-bond acceptors (Lipinski definition) is 8. The molecular formula is C20H26F2N6O4S. The Balaban J connectivity index is 1.50. The summed E-state index contributed by atoms with van der Waals surface area (Å²) in [5.74, 6) is 0.225. The zero-order chi connectivity index (χ0) is 23.5. The number of sulfonamides is 1. The third-order valence-corrected chi connectivity index (χ3v) is 8.60. The van der Waals surface area contributed by atoms with Crippen LogP contribution in [0.15, 0.2) is 11.0 Å². The molecule has 2 aromatic heterocycles. The predicted octanol–water partition coefficient (Wildman–Crippen LogP) is 1.44. The van der Waals surface area contributed by atoms with Gasteiger partial charge in [-0.25, -0.2) is 31.5 Å². The number of aliphatic hydroxyl groups is 1. The minimum atomic E-state index is -3.25. The standard InChI is InChI=1S/C20H26F2N6O4S/c1-33(31,32)27-8-4-11(5-9-27)24-19-23-10-12-17(26-19)28(18(30)15(25-12)16(21)22)13-2-3-14(29)20(13)6-7-20/h10-11,13-14,16,29H,2-9H2,1H3,(H,23,24,26)/t13-,14?/m1/s1. The maximum absolute atomic E-state index is 13.6. The Morgan fingerprint density at radius 3 is 2.48 bits per heavy atom. The van der Waals surface area contributed by atoms with Gasteiger partial charge < -0.3 is 10.4 Å². The van der Waals surface area contributed by atoms with Crippen molar-refractivity contribution in [2.24, 2.45) is 5.41 Å². The second-order valence-electron chi connectivity index (χ2n) is 9.30. The van der Waals surface area contributed by atoms with Gasteiger partial charge in [0.05, 0.1) is 18.6 Å². The first-order chi connectivity index (χ1) is 15.6. The van der Waals surface area contributed by atoms with Gasteiger partial charge in [-0.2, -0.15) is 4.98 Å². The minimum Gasteiger partial charge on any atom is -0.392 e. The van der Waals surface area contributed by atoms with Crippen LogP contribution in [0, 0.1) is 5.41 Å². The fraction of sp³-hybridized carbons (Fsp3) is 0.700. The number of nitrogens with one attached hydrogen (secondary N) is 1. The van der Waals surface area contributed by atoms with Gasteiger partial charge in [-0.15, -0.1) is 0 Å². The van der Waals surface area contributed by atoms with Crippen LogP contribution in [-0.4, -0.2) is 68.8 Å². The van der Waals surface area contributed by atoms with E-state index in [-0.39, 0.29) is 23.2 Å². The van der Waals surface area contributed by atoms with E-state index in [1.54, 1.807) is 0 Å². The maximum Gasteiger partial charge on any atom is 0.285 e. The highest BCUT2D eigenvalue weighted by molar-refractivity contribution is 7.88. The molecule has 3 fully saturated rings. The van der Waals surface area contributed by atoms with Gasteiger partial charge in [0.1, 0.15) is 5.52 Å². The normalized spacial score (nSPS) is 25.8. The van der Waals surface area contributed by atoms with Gasteiger partial charge in [-0.05, 0) is 38.5 Å². The number of alkyl halides is 2. The molecule has 5 rings (SSSR count). The summed E-state index contributed by atoms with van der Waals surface area (Å²) in [5.41, 5.74) is -1.93. The lowest BCUT2D eigenvalue weighted by molar-refractivity contribution is 0.102. The predicted molar refractivity (Wildman–Crippen MR) is 116 cm³/mol. The van der Waals surface area contributed by atoms with Crippen molar-refractivity contribution in [1.29, 1.82) is 0 Å². The van der Waals surface area contributed by atoms with Gasteiger partial charge in [0.25, 0.3) is 12.0 Å². The van der Waals surface area contributed by atoms with Gasteiger partial charge in [0.15, 0.2) is 11.3 Å². The quantitative estimate of drug-likeness (QED) is 0.652. The summed E-state index contributed by atoms with van der Waals surface area (Å²) in [7, 11) is -3.25. The largest absolute Gasteiger partial charge is 0.392 e. The van der Waals surface area contributed by atoms with Crippen molar-refractivity contribution in [3.63, 3.8) is 0 Å². The molecule has 2 N–H and O–H groups in total. The number of aliphatic hydroxyl groups excluding tert-OH is 1. The lowest BCUT2D eigenvalue weighted by Crippen LogP contribution is -2.42. The topological polar surface area (TPSA) is 130 Å². The molecule has 2 aliphatic carbocycles. The molecule has 180 valence electrons. The summed E-state index contributed by atoms with van der Waals surface area (Å²) in [6, 6.07) is -0.499. The second kappa shape index (κ2) is 7.91. The first kappa shape index (κ1) is 22.5. The van der Waals surface area contributed by atoms with Crippen molar-refractivity contribution in [3.05, 3.63) is 22.2 Å². The maximum atomic E-state index is 13.6. The number of hydrogen-bond donors (Lipinski definition) is 2. The fourth-order valence-electron chi connectivity index (χ4n) is 5.34. The molecule has 1 spiro atoms. The van der Waals surface area contributed by atoms with Crippen LogP contribution in [0.1, 0.15) is 56.7 Å². The molecule has 3 aliphatic rings. The molecule has 0 amide bonds. The summed E-state index contributed by atoms with van der Waals surface area (Å²) in [5, 5.41) is 13.7. The van der Waals surface area contributed by atoms with E-state index < -0.39 is 45.3 Å². The molecule has 0 aromatic carbocycles. The Labute approximate surface area is 189 Å². The monoisotopic (exact) mass is 484 g/mol. The highest BCUT2D eigenvalue weighted by Crippen LogP contribution is 2.63. The molecule has 2 atom stereocenters. The molecular weight excluding hydrogens is 458 g/mol. The number of halogens is 2. The van der Waals surface area contributed by atoms with Crippen molar-refractivity contribution in [2.45, 2.75) is 63.1 Å². The van der Waals surface area contributed by atoms with Crippen LogP contribution in [-0.2, 0) is 10.0 Å². The SMILES string of the molecule is CS(=O)(=O)N1CCC(Nc2ncc3nc(C(F)F)c(=O)n([C@@H]4CCC(O)C45CC5)c3n2)CC1. The Bertz CT molecular complexity index is 1240. The van der Waals surface area contributed by atoms with Crippen LogP contribution in [0.5, 0.6) is 0 Å². The van der Waals surface area contributed by atoms with Crippen LogP contribution in [0.3, 0.4) is 0 Å². The minimum absolute atomic E-state index is 0.0722. The van der Waals surface area contributed by atoms with E-state index in [1.807, 2.05) is 0 Å². The average Bonchev–Trinajstić information content (AvgIpc) is 3.50. The highest BCUT2D eigenvalue weighted by atomic mass is 32.2. The van der Waals surface area contributed by atoms with Crippen LogP contribution in [0.4, 0.5) is 14.7 Å². The molecule has 0 radical (unpaired) electrons. The van der Waals surface area contributed by atoms with E-state index >= 15 is 0 Å². The van der Waals surface area contributed by atoms with E-state index in [2.05, 4.69) is 20.3 Å². The third kappa shape index (κ3) is 3.89. The van der Waals surface area contributed by atoms with Crippen molar-refractivity contribution >= 4 is 27.1 Å². The van der Waals surface area contributed by atoms with E-state index in [4.69, 9.17) is 0 Å². The van der Waals surface area contributed by atoms with Crippen LogP contribution >= 0.6 is 0 Å². The first-order valence-electron chi connectivity index (χ1n) is 11.1. The van der Waals surface area contributed by atoms with Gasteiger partial charge in [0, 0.05) is 30.6 Å². The Hall–Kier alpha value is -2.25. The van der Waals surface area contributed by atoms with Crippen LogP contribution in [0.25, 0.3) is 11.2 Å². The van der Waals surface area contributed by atoms with E-state index in [9.17, 15) is 27.1 Å². The summed E-state index contributed by atoms with van der Waals surface area (Å²) in [6.45, 7) is 0.743. The van der Waals surface area contributed by atoms with Crippen molar-refractivity contribution < 1.29 is 22.3 Å². The van der Waals surface area contributed by atoms with Crippen LogP contribution in [0.2, 0.25) is 0 Å². The summed E-state index contributed by atoms with van der Waals surface area (Å²) >= 11 is 0. The van der Waals surface area contributed by atoms with Crippen molar-refractivity contribution in [2.75, 3.05) is 24.7 Å². The van der Waals surface area contributed by atoms with Gasteiger partial charge in [-0.1, -0.05) is 0 Å². The molecule has 3 heterocycles. The van der Waals surface area contributed by atoms with Gasteiger partial charge in [0.2, 0.25) is 16.0 Å². The Kier molecular flexibility index (Phi) is 5.40. The zero-order valence-corrected chi connectivity index (χ0v) is 18.9. The van der Waals surface area contributed by atoms with Gasteiger partial charge >= 0.3 is 0 Å². The second-order valence-corrected chi connectivity index (χ2v) is 11.3. The summed E-state index contributed by atoms with van der Waals surface area (Å²) in [4.78, 5) is 25.6. The molecule has 13 heteroatoms. The Morgan fingerprint density at radius 2 is 1.88 bits per heavy atom. The molecule has 1 saturated heterocycles. The van der Waals surface area contributed by atoms with Crippen molar-refractivity contribution in [1.82, 2.24) is 23.8 Å². The van der Waals surface area contributed by atoms with E-state index in [0.29, 0.717) is 38.8 Å². The number of fused-ring (bicyclic) bond motifs is 1. The summed E-state index contributed by atoms with van der Waals surface area (Å²) < 4.78 is 53.3. The lowest BCUT2D eigenvalue weighted by atomic mass is 9.98. The molecule has 0 bridgehead atoms. The molecule has 2 aromatic rings. The number of piperidine rings is 1. The smallest absolute Gasteiger partial charge is 0.285 e. The molecule has 1 aliphatic heterocycles. The molecule has 2 saturated carbocycles. The van der Waals surface area contributed by atoms with E-state index in [1.165, 1.54) is 21.3 Å². The molecule has 1 unspecified atom stereocenters. The number of rotatable bonds is 5. The lowest BCUT2D eigenvalue weighted by Gasteiger charge is -2.30. The summed E-state index contributed by atoms with van der Waals surface area (Å²) in [6.07, 6.45) is 2.47. The van der Waals surface area contributed by atoms with Gasteiger partial charge in [-0.3, -0.25) is 9.36 Å². The zero-order valence-electron chi connectivity index (χ0n) is 18.1. The molecule has 33 heavy (non-hydrogen) atoms. The first-order valence-corrected chi connectivity index (χ1v) is 12.9. The average molecular weight is 485 g/mol.